The molecule has 43 heavy (non-hydrogen) atoms. The summed E-state index contributed by atoms with van der Waals surface area (Å²) in [4.78, 5) is 31.3. The summed E-state index contributed by atoms with van der Waals surface area (Å²) in [5.41, 5.74) is 3.03. The minimum atomic E-state index is -0.526. The van der Waals surface area contributed by atoms with Gasteiger partial charge in [0.05, 0.1) is 40.7 Å². The number of nitrogens with zero attached hydrogens (tertiary/aromatic N) is 6. The molecule has 4 aromatic rings. The number of anilines is 3. The van der Waals surface area contributed by atoms with Crippen molar-refractivity contribution in [1.82, 2.24) is 29.9 Å². The standard InChI is InChI=1S/C32H36N8O3/c1-31(2)27-21(29(42)39(31)3)9-10-25(36-27)35-26-17-23(34-24(19-41)20-7-5-4-6-8-20)22(18-33-26)28-37-30(38-43-28)32-11-14-40(15-12-32)16-13-32/h4-10,17-18,24,41H,11-16,19H2,1-3H3,(H2,33,34,35,36)/t24-/m1/s1. The van der Waals surface area contributed by atoms with Crippen LogP contribution in [0.25, 0.3) is 11.5 Å². The molecule has 2 bridgehead atoms. The maximum atomic E-state index is 12.7. The Hall–Kier alpha value is -4.35. The van der Waals surface area contributed by atoms with Crippen LogP contribution < -0.4 is 10.6 Å². The second-order valence-corrected chi connectivity index (χ2v) is 12.3. The van der Waals surface area contributed by atoms with Crippen LogP contribution in [0.2, 0.25) is 0 Å². The molecule has 3 fully saturated rings. The fourth-order valence-corrected chi connectivity index (χ4v) is 6.52. The molecule has 7 heterocycles. The third-order valence-corrected chi connectivity index (χ3v) is 9.57. The van der Waals surface area contributed by atoms with Crippen LogP contribution in [0.15, 0.2) is 59.3 Å². The van der Waals surface area contributed by atoms with Crippen LogP contribution in [0.4, 0.5) is 17.3 Å². The second kappa shape index (κ2) is 10.4. The molecule has 1 aromatic carbocycles. The van der Waals surface area contributed by atoms with E-state index in [0.717, 1.165) is 56.0 Å². The number of piperidine rings is 3. The van der Waals surface area contributed by atoms with Crippen LogP contribution >= 0.6 is 0 Å². The van der Waals surface area contributed by atoms with Gasteiger partial charge in [-0.25, -0.2) is 9.97 Å². The molecule has 4 aliphatic rings. The zero-order valence-corrected chi connectivity index (χ0v) is 24.7. The number of fused-ring (bicyclic) bond motifs is 4. The number of nitrogens with one attached hydrogen (secondary N) is 2. The zero-order valence-electron chi connectivity index (χ0n) is 24.7. The van der Waals surface area contributed by atoms with E-state index in [0.29, 0.717) is 34.3 Å². The van der Waals surface area contributed by atoms with Crippen molar-refractivity contribution in [2.75, 3.05) is 43.9 Å². The van der Waals surface area contributed by atoms with E-state index in [4.69, 9.17) is 14.5 Å². The lowest BCUT2D eigenvalue weighted by molar-refractivity contribution is 0.0688. The third-order valence-electron chi connectivity index (χ3n) is 9.57. The molecule has 0 saturated carbocycles. The summed E-state index contributed by atoms with van der Waals surface area (Å²) in [6.45, 7) is 7.03. The highest BCUT2D eigenvalue weighted by atomic mass is 16.5. The highest BCUT2D eigenvalue weighted by molar-refractivity contribution is 5.99. The molecule has 3 N–H and O–H groups in total. The number of amides is 1. The largest absolute Gasteiger partial charge is 0.394 e. The Morgan fingerprint density at radius 3 is 2.47 bits per heavy atom. The first-order valence-electron chi connectivity index (χ1n) is 14.8. The molecule has 222 valence electrons. The van der Waals surface area contributed by atoms with Gasteiger partial charge in [-0.05, 0) is 70.4 Å². The number of hydrogen-bond donors (Lipinski definition) is 3. The molecule has 11 heteroatoms. The molecular formula is C32H36N8O3. The van der Waals surface area contributed by atoms with Gasteiger partial charge in [0.1, 0.15) is 11.6 Å². The summed E-state index contributed by atoms with van der Waals surface area (Å²) in [6, 6.07) is 14.9. The zero-order chi connectivity index (χ0) is 29.8. The van der Waals surface area contributed by atoms with Gasteiger partial charge >= 0.3 is 0 Å². The monoisotopic (exact) mass is 580 g/mol. The van der Waals surface area contributed by atoms with Gasteiger partial charge in [0.25, 0.3) is 11.8 Å². The number of carbonyl (C=O) groups is 1. The smallest absolute Gasteiger partial charge is 0.261 e. The van der Waals surface area contributed by atoms with Gasteiger partial charge in [-0.1, -0.05) is 35.5 Å². The van der Waals surface area contributed by atoms with E-state index in [1.54, 1.807) is 30.3 Å². The van der Waals surface area contributed by atoms with E-state index in [1.165, 1.54) is 0 Å². The lowest BCUT2D eigenvalue weighted by Crippen LogP contribution is -2.51. The highest BCUT2D eigenvalue weighted by Crippen LogP contribution is 2.43. The molecular weight excluding hydrogens is 544 g/mol. The fourth-order valence-electron chi connectivity index (χ4n) is 6.52. The van der Waals surface area contributed by atoms with Gasteiger partial charge < -0.3 is 30.1 Å². The van der Waals surface area contributed by atoms with E-state index < -0.39 is 5.54 Å². The lowest BCUT2D eigenvalue weighted by Gasteiger charge is -2.46. The van der Waals surface area contributed by atoms with Crippen molar-refractivity contribution in [1.29, 1.82) is 0 Å². The van der Waals surface area contributed by atoms with Crippen LogP contribution in [0.5, 0.6) is 0 Å². The molecule has 0 aliphatic carbocycles. The predicted octanol–water partition coefficient (Wildman–Crippen LogP) is 4.47. The number of rotatable bonds is 8. The minimum absolute atomic E-state index is 0.0405. The molecule has 0 spiro atoms. The maximum Gasteiger partial charge on any atom is 0.261 e. The first-order valence-corrected chi connectivity index (χ1v) is 14.8. The van der Waals surface area contributed by atoms with Crippen molar-refractivity contribution in [3.63, 3.8) is 0 Å². The second-order valence-electron chi connectivity index (χ2n) is 12.3. The number of aliphatic hydroxyl groups excluding tert-OH is 1. The van der Waals surface area contributed by atoms with Crippen molar-refractivity contribution >= 4 is 23.2 Å². The number of aromatic nitrogens is 4. The van der Waals surface area contributed by atoms with Gasteiger partial charge in [0, 0.05) is 24.7 Å². The average molecular weight is 581 g/mol. The quantitative estimate of drug-likeness (QED) is 0.274. The molecule has 8 rings (SSSR count). The molecule has 3 aromatic heterocycles. The number of hydrogen-bond acceptors (Lipinski definition) is 10. The Morgan fingerprint density at radius 1 is 1.00 bits per heavy atom. The molecule has 4 aliphatic heterocycles. The Bertz CT molecular complexity index is 1650. The van der Waals surface area contributed by atoms with E-state index >= 15 is 0 Å². The van der Waals surface area contributed by atoms with E-state index in [-0.39, 0.29) is 24.0 Å². The van der Waals surface area contributed by atoms with Crippen molar-refractivity contribution in [2.24, 2.45) is 0 Å². The molecule has 3 saturated heterocycles. The van der Waals surface area contributed by atoms with Gasteiger partial charge in [-0.15, -0.1) is 0 Å². The highest BCUT2D eigenvalue weighted by Gasteiger charge is 2.44. The fraction of sp³-hybridized carbons (Fsp3) is 0.406. The average Bonchev–Trinajstić information content (AvgIpc) is 3.61. The molecule has 0 unspecified atom stereocenters. The first-order chi connectivity index (χ1) is 20.8. The Morgan fingerprint density at radius 2 is 1.74 bits per heavy atom. The van der Waals surface area contributed by atoms with Crippen molar-refractivity contribution in [2.45, 2.75) is 50.1 Å². The predicted molar refractivity (Wildman–Crippen MR) is 162 cm³/mol. The van der Waals surface area contributed by atoms with Crippen LogP contribution in [0.1, 0.15) is 66.6 Å². The molecule has 1 atom stereocenters. The number of benzene rings is 1. The third kappa shape index (κ3) is 4.72. The van der Waals surface area contributed by atoms with E-state index in [1.807, 2.05) is 50.2 Å². The van der Waals surface area contributed by atoms with Crippen LogP contribution in [0, 0.1) is 0 Å². The molecule has 1 amide bonds. The maximum absolute atomic E-state index is 12.7. The normalized spacial score (nSPS) is 22.8. The Kier molecular flexibility index (Phi) is 6.66. The topological polar surface area (TPSA) is 133 Å². The minimum Gasteiger partial charge on any atom is -0.394 e. The Labute approximate surface area is 250 Å². The van der Waals surface area contributed by atoms with Gasteiger partial charge in [-0.3, -0.25) is 4.79 Å². The van der Waals surface area contributed by atoms with Crippen LogP contribution in [0.3, 0.4) is 0 Å². The molecule has 0 radical (unpaired) electrons. The van der Waals surface area contributed by atoms with Crippen molar-refractivity contribution in [3.05, 3.63) is 77.4 Å². The summed E-state index contributed by atoms with van der Waals surface area (Å²) in [7, 11) is 1.79. The number of carbonyl (C=O) groups excluding carboxylic acids is 1. The summed E-state index contributed by atoms with van der Waals surface area (Å²) >= 11 is 0. The summed E-state index contributed by atoms with van der Waals surface area (Å²) in [6.07, 6.45) is 4.80. The van der Waals surface area contributed by atoms with Gasteiger partial charge in [0.2, 0.25) is 0 Å². The molecule has 11 nitrogen and oxygen atoms in total. The van der Waals surface area contributed by atoms with Crippen LogP contribution in [-0.2, 0) is 11.0 Å². The van der Waals surface area contributed by atoms with E-state index in [2.05, 4.69) is 25.7 Å². The summed E-state index contributed by atoms with van der Waals surface area (Å²) < 4.78 is 5.87. The summed E-state index contributed by atoms with van der Waals surface area (Å²) in [5, 5.41) is 21.6. The number of aliphatic hydroxyl groups is 1. The Balaban J connectivity index is 1.23. The lowest BCUT2D eigenvalue weighted by atomic mass is 9.71. The van der Waals surface area contributed by atoms with E-state index in [9.17, 15) is 9.90 Å². The van der Waals surface area contributed by atoms with Gasteiger partial charge in [0.15, 0.2) is 5.82 Å². The SMILES string of the molecule is CN1C(=O)c2ccc(Nc3cc(N[C@H](CO)c4ccccc4)c(-c4nc(C56CCN(CC5)CC6)no4)cn3)nc2C1(C)C. The van der Waals surface area contributed by atoms with Crippen LogP contribution in [-0.4, -0.2) is 74.2 Å². The van der Waals surface area contributed by atoms with Gasteiger partial charge in [-0.2, -0.15) is 4.98 Å². The number of pyridine rings is 2. The summed E-state index contributed by atoms with van der Waals surface area (Å²) in [5.74, 6) is 2.23. The first kappa shape index (κ1) is 27.5. The van der Waals surface area contributed by atoms with Crippen molar-refractivity contribution in [3.8, 4) is 11.5 Å². The van der Waals surface area contributed by atoms with Crippen molar-refractivity contribution < 1.29 is 14.4 Å².